The summed E-state index contributed by atoms with van der Waals surface area (Å²) in [5, 5.41) is 0. The normalized spacial score (nSPS) is 19.9. The van der Waals surface area contributed by atoms with E-state index in [1.54, 1.807) is 0 Å². The van der Waals surface area contributed by atoms with E-state index in [2.05, 4.69) is 47.6 Å². The molecule has 1 heterocycles. The van der Waals surface area contributed by atoms with Gasteiger partial charge in [0.25, 0.3) is 11.8 Å². The summed E-state index contributed by atoms with van der Waals surface area (Å²) in [4.78, 5) is 25.9. The van der Waals surface area contributed by atoms with E-state index in [0.717, 1.165) is 12.8 Å². The maximum absolute atomic E-state index is 12.2. The molecule has 3 heteroatoms. The number of hydrogen-bond acceptors (Lipinski definition) is 2. The molecule has 0 saturated carbocycles. The Bertz CT molecular complexity index is 738. The zero-order valence-electron chi connectivity index (χ0n) is 16.2. The topological polar surface area (TPSA) is 37.4 Å². The quantitative estimate of drug-likeness (QED) is 0.726. The Hall–Kier alpha value is -1.90. The van der Waals surface area contributed by atoms with Gasteiger partial charge in [-0.1, -0.05) is 47.6 Å². The standard InChI is InChI=1S/C22H29NO2/c1-12(2)16-11-17-15(21(13(3)4)22(16)14(5)6)7-8-18(17)23-19(24)9-10-20(23)25/h9-14,18H,7-8H2,1-6H3/t18-/m0/s1. The van der Waals surface area contributed by atoms with Crippen molar-refractivity contribution in [3.05, 3.63) is 46.0 Å². The number of imide groups is 1. The first-order valence-electron chi connectivity index (χ1n) is 9.48. The summed E-state index contributed by atoms with van der Waals surface area (Å²) in [6.45, 7) is 13.5. The number of nitrogens with zero attached hydrogens (tertiary/aromatic N) is 1. The zero-order chi connectivity index (χ0) is 18.5. The molecule has 3 nitrogen and oxygen atoms in total. The number of carbonyl (C=O) groups is 2. The molecule has 0 N–H and O–H groups in total. The van der Waals surface area contributed by atoms with Crippen LogP contribution in [0.2, 0.25) is 0 Å². The van der Waals surface area contributed by atoms with Crippen LogP contribution in [-0.2, 0) is 16.0 Å². The molecule has 1 aliphatic carbocycles. The molecule has 25 heavy (non-hydrogen) atoms. The second-order valence-electron chi connectivity index (χ2n) is 8.26. The molecule has 2 amide bonds. The molecule has 134 valence electrons. The highest BCUT2D eigenvalue weighted by atomic mass is 16.2. The van der Waals surface area contributed by atoms with Crippen LogP contribution in [0.4, 0.5) is 0 Å². The Morgan fingerprint density at radius 2 is 1.44 bits per heavy atom. The van der Waals surface area contributed by atoms with E-state index >= 15 is 0 Å². The SMILES string of the molecule is CC(C)c1cc2c(c(C(C)C)c1C(C)C)CC[C@@H]2N1C(=O)C=CC1=O. The van der Waals surface area contributed by atoms with Crippen molar-refractivity contribution in [3.63, 3.8) is 0 Å². The van der Waals surface area contributed by atoms with Gasteiger partial charge in [0.05, 0.1) is 6.04 Å². The van der Waals surface area contributed by atoms with Crippen molar-refractivity contribution in [2.24, 2.45) is 0 Å². The number of carbonyl (C=O) groups excluding carboxylic acids is 2. The first-order valence-corrected chi connectivity index (χ1v) is 9.48. The summed E-state index contributed by atoms with van der Waals surface area (Å²) in [5.41, 5.74) is 6.87. The van der Waals surface area contributed by atoms with Gasteiger partial charge in [-0.25, -0.2) is 0 Å². The lowest BCUT2D eigenvalue weighted by Gasteiger charge is -2.28. The van der Waals surface area contributed by atoms with Crippen LogP contribution in [0.5, 0.6) is 0 Å². The van der Waals surface area contributed by atoms with E-state index in [1.165, 1.54) is 44.9 Å². The first-order chi connectivity index (χ1) is 11.7. The predicted octanol–water partition coefficient (Wildman–Crippen LogP) is 4.97. The molecule has 1 aromatic rings. The summed E-state index contributed by atoms with van der Waals surface area (Å²) in [5.74, 6) is 0.980. The summed E-state index contributed by atoms with van der Waals surface area (Å²) in [6, 6.07) is 2.18. The van der Waals surface area contributed by atoms with Crippen molar-refractivity contribution in [1.82, 2.24) is 4.90 Å². The van der Waals surface area contributed by atoms with Crippen molar-refractivity contribution in [2.45, 2.75) is 78.2 Å². The minimum atomic E-state index is -0.173. The van der Waals surface area contributed by atoms with E-state index < -0.39 is 0 Å². The zero-order valence-corrected chi connectivity index (χ0v) is 16.2. The molecule has 1 aliphatic heterocycles. The fraction of sp³-hybridized carbons (Fsp3) is 0.545. The Morgan fingerprint density at radius 3 is 1.92 bits per heavy atom. The van der Waals surface area contributed by atoms with Gasteiger partial charge in [-0.15, -0.1) is 0 Å². The van der Waals surface area contributed by atoms with E-state index in [0.29, 0.717) is 17.8 Å². The van der Waals surface area contributed by atoms with Crippen LogP contribution in [-0.4, -0.2) is 16.7 Å². The van der Waals surface area contributed by atoms with Gasteiger partial charge >= 0.3 is 0 Å². The molecule has 1 aromatic carbocycles. The van der Waals surface area contributed by atoms with Gasteiger partial charge in [0.2, 0.25) is 0 Å². The molecular formula is C22H29NO2. The molecule has 0 radical (unpaired) electrons. The second kappa shape index (κ2) is 6.44. The largest absolute Gasteiger partial charge is 0.269 e. The van der Waals surface area contributed by atoms with Crippen LogP contribution in [0, 0.1) is 0 Å². The highest BCUT2D eigenvalue weighted by Gasteiger charge is 2.38. The van der Waals surface area contributed by atoms with Gasteiger partial charge in [0, 0.05) is 12.2 Å². The van der Waals surface area contributed by atoms with Gasteiger partial charge in [-0.3, -0.25) is 14.5 Å². The monoisotopic (exact) mass is 339 g/mol. The minimum Gasteiger partial charge on any atom is -0.269 e. The average molecular weight is 339 g/mol. The molecule has 2 aliphatic rings. The molecular weight excluding hydrogens is 310 g/mol. The van der Waals surface area contributed by atoms with Gasteiger partial charge in [0.1, 0.15) is 0 Å². The minimum absolute atomic E-state index is 0.110. The molecule has 0 aromatic heterocycles. The van der Waals surface area contributed by atoms with Crippen LogP contribution in [0.1, 0.15) is 99.6 Å². The fourth-order valence-electron chi connectivity index (χ4n) is 4.59. The van der Waals surface area contributed by atoms with Crippen LogP contribution in [0.3, 0.4) is 0 Å². The maximum atomic E-state index is 12.2. The van der Waals surface area contributed by atoms with Gasteiger partial charge in [-0.05, 0) is 58.4 Å². The Morgan fingerprint density at radius 1 is 0.880 bits per heavy atom. The third-order valence-electron chi connectivity index (χ3n) is 5.54. The van der Waals surface area contributed by atoms with E-state index in [-0.39, 0.29) is 17.9 Å². The van der Waals surface area contributed by atoms with Gasteiger partial charge in [-0.2, -0.15) is 0 Å². The molecule has 0 fully saturated rings. The lowest BCUT2D eigenvalue weighted by molar-refractivity contribution is -0.139. The number of benzene rings is 1. The van der Waals surface area contributed by atoms with Crippen LogP contribution in [0.25, 0.3) is 0 Å². The Labute approximate surface area is 151 Å². The van der Waals surface area contributed by atoms with Crippen molar-refractivity contribution in [3.8, 4) is 0 Å². The molecule has 1 atom stereocenters. The Kier molecular flexibility index (Phi) is 4.61. The third kappa shape index (κ3) is 2.84. The first kappa shape index (κ1) is 17.9. The predicted molar refractivity (Wildman–Crippen MR) is 101 cm³/mol. The van der Waals surface area contributed by atoms with Crippen LogP contribution in [0.15, 0.2) is 18.2 Å². The molecule has 0 spiro atoms. The fourth-order valence-corrected chi connectivity index (χ4v) is 4.59. The summed E-state index contributed by atoms with van der Waals surface area (Å²) in [7, 11) is 0. The van der Waals surface area contributed by atoms with Crippen LogP contribution < -0.4 is 0 Å². The Balaban J connectivity index is 2.21. The third-order valence-corrected chi connectivity index (χ3v) is 5.54. The number of hydrogen-bond donors (Lipinski definition) is 0. The molecule has 3 rings (SSSR count). The highest BCUT2D eigenvalue weighted by Crippen LogP contribution is 2.46. The lowest BCUT2D eigenvalue weighted by atomic mass is 9.79. The van der Waals surface area contributed by atoms with Crippen LogP contribution >= 0.6 is 0 Å². The van der Waals surface area contributed by atoms with Crippen molar-refractivity contribution >= 4 is 11.8 Å². The van der Waals surface area contributed by atoms with Gasteiger partial charge < -0.3 is 0 Å². The van der Waals surface area contributed by atoms with E-state index in [1.807, 2.05) is 0 Å². The lowest BCUT2D eigenvalue weighted by Crippen LogP contribution is -2.33. The number of fused-ring (bicyclic) bond motifs is 1. The summed E-state index contributed by atoms with van der Waals surface area (Å²) in [6.07, 6.45) is 4.58. The number of amides is 2. The smallest absolute Gasteiger partial charge is 0.254 e. The number of rotatable bonds is 4. The maximum Gasteiger partial charge on any atom is 0.254 e. The summed E-state index contributed by atoms with van der Waals surface area (Å²) >= 11 is 0. The van der Waals surface area contributed by atoms with Crippen molar-refractivity contribution in [2.75, 3.05) is 0 Å². The molecule has 0 saturated heterocycles. The second-order valence-corrected chi connectivity index (χ2v) is 8.26. The van der Waals surface area contributed by atoms with E-state index in [4.69, 9.17) is 0 Å². The average Bonchev–Trinajstić information content (AvgIpc) is 3.07. The molecule has 0 unspecified atom stereocenters. The van der Waals surface area contributed by atoms with E-state index in [9.17, 15) is 9.59 Å². The van der Waals surface area contributed by atoms with Crippen molar-refractivity contribution in [1.29, 1.82) is 0 Å². The summed E-state index contributed by atoms with van der Waals surface area (Å²) < 4.78 is 0. The van der Waals surface area contributed by atoms with Gasteiger partial charge in [0.15, 0.2) is 0 Å². The van der Waals surface area contributed by atoms with Crippen molar-refractivity contribution < 1.29 is 9.59 Å². The highest BCUT2D eigenvalue weighted by molar-refractivity contribution is 6.13. The molecule has 0 bridgehead atoms.